The van der Waals surface area contributed by atoms with E-state index < -0.39 is 0 Å². The second-order valence-corrected chi connectivity index (χ2v) is 6.00. The van der Waals surface area contributed by atoms with Crippen LogP contribution in [0.15, 0.2) is 0 Å². The Morgan fingerprint density at radius 2 is 2.00 bits per heavy atom. The van der Waals surface area contributed by atoms with E-state index in [0.717, 1.165) is 45.9 Å². The summed E-state index contributed by atoms with van der Waals surface area (Å²) in [6.07, 6.45) is -0.292. The first-order chi connectivity index (χ1) is 9.75. The summed E-state index contributed by atoms with van der Waals surface area (Å²) in [5.41, 5.74) is 0. The Labute approximate surface area is 120 Å². The summed E-state index contributed by atoms with van der Waals surface area (Å²) < 4.78 is 11.0. The number of ether oxygens (including phenoxy) is 2. The van der Waals surface area contributed by atoms with Gasteiger partial charge in [0.25, 0.3) is 5.91 Å². The Kier molecular flexibility index (Phi) is 4.55. The Hall–Kier alpha value is -0.690. The van der Waals surface area contributed by atoms with Crippen LogP contribution >= 0.6 is 0 Å². The largest absolute Gasteiger partial charge is 0.379 e. The van der Waals surface area contributed by atoms with E-state index >= 15 is 0 Å². The van der Waals surface area contributed by atoms with Crippen LogP contribution in [0, 0.1) is 5.92 Å². The fourth-order valence-electron chi connectivity index (χ4n) is 3.44. The molecule has 3 heterocycles. The van der Waals surface area contributed by atoms with E-state index in [1.807, 2.05) is 4.90 Å². The smallest absolute Gasteiger partial charge is 0.253 e. The summed E-state index contributed by atoms with van der Waals surface area (Å²) in [6.45, 7) is 9.64. The average molecular weight is 283 g/mol. The average Bonchev–Trinajstić information content (AvgIpc) is 2.90. The lowest BCUT2D eigenvalue weighted by Gasteiger charge is -2.34. The van der Waals surface area contributed by atoms with Gasteiger partial charge in [0.1, 0.15) is 6.10 Å². The summed E-state index contributed by atoms with van der Waals surface area (Å²) in [5, 5.41) is 3.23. The molecule has 1 amide bonds. The summed E-state index contributed by atoms with van der Waals surface area (Å²) in [4.78, 5) is 17.0. The van der Waals surface area contributed by atoms with Gasteiger partial charge in [0.2, 0.25) is 0 Å². The Morgan fingerprint density at radius 3 is 2.70 bits per heavy atom. The van der Waals surface area contributed by atoms with Crippen molar-refractivity contribution in [3.05, 3.63) is 0 Å². The number of nitrogens with one attached hydrogen (secondary N) is 1. The van der Waals surface area contributed by atoms with Crippen molar-refractivity contribution in [1.82, 2.24) is 15.1 Å². The monoisotopic (exact) mass is 283 g/mol. The number of carbonyl (C=O) groups excluding carboxylic acids is 1. The van der Waals surface area contributed by atoms with E-state index in [1.54, 1.807) is 0 Å². The molecule has 3 aliphatic heterocycles. The Morgan fingerprint density at radius 1 is 1.20 bits per heavy atom. The molecular weight excluding hydrogens is 258 g/mol. The number of amides is 1. The second kappa shape index (κ2) is 6.39. The number of carbonyl (C=O) groups is 1. The third-order valence-corrected chi connectivity index (χ3v) is 4.60. The van der Waals surface area contributed by atoms with Crippen molar-refractivity contribution in [2.45, 2.75) is 19.1 Å². The maximum Gasteiger partial charge on any atom is 0.253 e. The molecule has 0 aromatic carbocycles. The number of hydrogen-bond acceptors (Lipinski definition) is 5. The summed E-state index contributed by atoms with van der Waals surface area (Å²) in [6, 6.07) is 0.472. The zero-order valence-corrected chi connectivity index (χ0v) is 12.2. The van der Waals surface area contributed by atoms with Gasteiger partial charge in [-0.15, -0.1) is 0 Å². The number of likely N-dealkylation sites (tertiary alicyclic amines) is 1. The third kappa shape index (κ3) is 2.98. The fourth-order valence-corrected chi connectivity index (χ4v) is 3.44. The lowest BCUT2D eigenvalue weighted by Crippen LogP contribution is -2.50. The van der Waals surface area contributed by atoms with Gasteiger partial charge >= 0.3 is 0 Å². The summed E-state index contributed by atoms with van der Waals surface area (Å²) >= 11 is 0. The van der Waals surface area contributed by atoms with Crippen LogP contribution < -0.4 is 5.32 Å². The number of morpholine rings is 2. The summed E-state index contributed by atoms with van der Waals surface area (Å²) in [5.74, 6) is 0.674. The van der Waals surface area contributed by atoms with Gasteiger partial charge in [-0.1, -0.05) is 6.92 Å². The minimum atomic E-state index is -0.292. The molecular formula is C14H25N3O3. The molecule has 0 bridgehead atoms. The van der Waals surface area contributed by atoms with Crippen molar-refractivity contribution in [3.63, 3.8) is 0 Å². The molecule has 6 nitrogen and oxygen atoms in total. The van der Waals surface area contributed by atoms with Gasteiger partial charge in [-0.25, -0.2) is 0 Å². The highest BCUT2D eigenvalue weighted by atomic mass is 16.5. The van der Waals surface area contributed by atoms with Crippen LogP contribution in [0.1, 0.15) is 6.92 Å². The van der Waals surface area contributed by atoms with Crippen LogP contribution in [0.5, 0.6) is 0 Å². The molecule has 20 heavy (non-hydrogen) atoms. The van der Waals surface area contributed by atoms with Crippen molar-refractivity contribution in [1.29, 1.82) is 0 Å². The van der Waals surface area contributed by atoms with Crippen molar-refractivity contribution < 1.29 is 14.3 Å². The molecule has 0 spiro atoms. The van der Waals surface area contributed by atoms with Gasteiger partial charge in [-0.2, -0.15) is 0 Å². The molecule has 0 radical (unpaired) electrons. The van der Waals surface area contributed by atoms with Crippen LogP contribution in [-0.4, -0.2) is 86.9 Å². The fraction of sp³-hybridized carbons (Fsp3) is 0.929. The SMILES string of the molecule is CC1CN(C(=O)C2CNCCO2)CC1N1CCOCC1. The van der Waals surface area contributed by atoms with Gasteiger partial charge in [-0.3, -0.25) is 9.69 Å². The van der Waals surface area contributed by atoms with Crippen LogP contribution in [0.2, 0.25) is 0 Å². The number of nitrogens with zero attached hydrogens (tertiary/aromatic N) is 2. The first kappa shape index (κ1) is 14.3. The zero-order chi connectivity index (χ0) is 13.9. The number of rotatable bonds is 2. The van der Waals surface area contributed by atoms with Crippen LogP contribution in [0.4, 0.5) is 0 Å². The molecule has 6 heteroatoms. The maximum atomic E-state index is 12.5. The molecule has 3 unspecified atom stereocenters. The highest BCUT2D eigenvalue weighted by Gasteiger charge is 2.39. The van der Waals surface area contributed by atoms with E-state index in [-0.39, 0.29) is 12.0 Å². The standard InChI is InChI=1S/C14H25N3O3/c1-11-9-17(14(18)13-8-15-2-5-20-13)10-12(11)16-3-6-19-7-4-16/h11-13,15H,2-10H2,1H3. The summed E-state index contributed by atoms with van der Waals surface area (Å²) in [7, 11) is 0. The van der Waals surface area contributed by atoms with Crippen molar-refractivity contribution in [2.75, 3.05) is 59.1 Å². The van der Waals surface area contributed by atoms with E-state index in [1.165, 1.54) is 0 Å². The van der Waals surface area contributed by atoms with Crippen LogP contribution in [0.25, 0.3) is 0 Å². The van der Waals surface area contributed by atoms with E-state index in [9.17, 15) is 4.79 Å². The lowest BCUT2D eigenvalue weighted by atomic mass is 10.0. The molecule has 3 rings (SSSR count). The molecule has 0 saturated carbocycles. The topological polar surface area (TPSA) is 54.0 Å². The highest BCUT2D eigenvalue weighted by molar-refractivity contribution is 5.81. The molecule has 1 N–H and O–H groups in total. The lowest BCUT2D eigenvalue weighted by molar-refractivity contribution is -0.144. The highest BCUT2D eigenvalue weighted by Crippen LogP contribution is 2.23. The molecule has 3 fully saturated rings. The van der Waals surface area contributed by atoms with Crippen LogP contribution in [-0.2, 0) is 14.3 Å². The van der Waals surface area contributed by atoms with Gasteiger partial charge in [0.15, 0.2) is 0 Å². The molecule has 3 saturated heterocycles. The Balaban J connectivity index is 1.57. The molecule has 0 aliphatic carbocycles. The first-order valence-corrected chi connectivity index (χ1v) is 7.68. The van der Waals surface area contributed by atoms with Gasteiger partial charge in [0, 0.05) is 45.3 Å². The predicted octanol–water partition coefficient (Wildman–Crippen LogP) is -0.846. The second-order valence-electron chi connectivity index (χ2n) is 6.00. The first-order valence-electron chi connectivity index (χ1n) is 7.68. The zero-order valence-electron chi connectivity index (χ0n) is 12.2. The quantitative estimate of drug-likeness (QED) is 0.716. The Bertz CT molecular complexity index is 341. The molecule has 3 aliphatic rings. The minimum absolute atomic E-state index is 0.153. The van der Waals surface area contributed by atoms with E-state index in [2.05, 4.69) is 17.1 Å². The molecule has 0 aromatic heterocycles. The van der Waals surface area contributed by atoms with Gasteiger partial charge < -0.3 is 19.7 Å². The minimum Gasteiger partial charge on any atom is -0.379 e. The predicted molar refractivity (Wildman–Crippen MR) is 74.5 cm³/mol. The van der Waals surface area contributed by atoms with Crippen LogP contribution in [0.3, 0.4) is 0 Å². The van der Waals surface area contributed by atoms with Crippen molar-refractivity contribution >= 4 is 5.91 Å². The van der Waals surface area contributed by atoms with E-state index in [0.29, 0.717) is 25.1 Å². The molecule has 114 valence electrons. The maximum absolute atomic E-state index is 12.5. The van der Waals surface area contributed by atoms with Gasteiger partial charge in [-0.05, 0) is 5.92 Å². The van der Waals surface area contributed by atoms with Gasteiger partial charge in [0.05, 0.1) is 19.8 Å². The normalized spacial score (nSPS) is 36.2. The van der Waals surface area contributed by atoms with E-state index in [4.69, 9.17) is 9.47 Å². The van der Waals surface area contributed by atoms with Crippen molar-refractivity contribution in [2.24, 2.45) is 5.92 Å². The van der Waals surface area contributed by atoms with Crippen molar-refractivity contribution in [3.8, 4) is 0 Å². The molecule has 0 aromatic rings. The molecule has 3 atom stereocenters. The third-order valence-electron chi connectivity index (χ3n) is 4.60. The number of hydrogen-bond donors (Lipinski definition) is 1.